The first-order chi connectivity index (χ1) is 12.6. The van der Waals surface area contributed by atoms with Gasteiger partial charge < -0.3 is 10.1 Å². The second-order valence-electron chi connectivity index (χ2n) is 6.23. The van der Waals surface area contributed by atoms with Crippen molar-refractivity contribution in [3.8, 4) is 0 Å². The molecule has 26 heavy (non-hydrogen) atoms. The number of hydrogen-bond donors (Lipinski definition) is 1. The molecule has 1 saturated heterocycles. The summed E-state index contributed by atoms with van der Waals surface area (Å²) in [6.45, 7) is 3.41. The number of nitro groups is 1. The predicted molar refractivity (Wildman–Crippen MR) is 96.9 cm³/mol. The van der Waals surface area contributed by atoms with Crippen LogP contribution in [0.1, 0.15) is 15.9 Å². The van der Waals surface area contributed by atoms with E-state index in [0.29, 0.717) is 13.2 Å². The second kappa shape index (κ2) is 8.55. The van der Waals surface area contributed by atoms with Crippen molar-refractivity contribution in [3.05, 3.63) is 75.8 Å². The van der Waals surface area contributed by atoms with Gasteiger partial charge in [-0.2, -0.15) is 0 Å². The van der Waals surface area contributed by atoms with E-state index in [2.05, 4.69) is 22.3 Å². The maximum Gasteiger partial charge on any atom is 0.270 e. The molecule has 1 unspecified atom stereocenters. The van der Waals surface area contributed by atoms with Gasteiger partial charge in [-0.15, -0.1) is 0 Å². The van der Waals surface area contributed by atoms with Gasteiger partial charge >= 0.3 is 0 Å². The number of rotatable bonds is 6. The largest absolute Gasteiger partial charge is 0.374 e. The number of nitro benzene ring substituents is 1. The Morgan fingerprint density at radius 2 is 2.04 bits per heavy atom. The van der Waals surface area contributed by atoms with E-state index in [9.17, 15) is 14.9 Å². The number of benzene rings is 2. The number of nitrogens with one attached hydrogen (secondary N) is 1. The molecule has 1 fully saturated rings. The zero-order chi connectivity index (χ0) is 18.4. The zero-order valence-corrected chi connectivity index (χ0v) is 14.3. The SMILES string of the molecule is O=C(NCC1CN(Cc2ccccc2)CCO1)c1cccc([N+](=O)[O-])c1. The van der Waals surface area contributed by atoms with Crippen molar-refractivity contribution < 1.29 is 14.5 Å². The van der Waals surface area contributed by atoms with E-state index in [1.807, 2.05) is 18.2 Å². The van der Waals surface area contributed by atoms with E-state index in [-0.39, 0.29) is 23.3 Å². The van der Waals surface area contributed by atoms with Crippen molar-refractivity contribution >= 4 is 11.6 Å². The van der Waals surface area contributed by atoms with Crippen molar-refractivity contribution in [1.82, 2.24) is 10.2 Å². The van der Waals surface area contributed by atoms with Crippen LogP contribution in [0.5, 0.6) is 0 Å². The lowest BCUT2D eigenvalue weighted by Gasteiger charge is -2.33. The molecule has 7 nitrogen and oxygen atoms in total. The van der Waals surface area contributed by atoms with Gasteiger partial charge in [-0.05, 0) is 11.6 Å². The van der Waals surface area contributed by atoms with Crippen LogP contribution in [0.4, 0.5) is 5.69 Å². The zero-order valence-electron chi connectivity index (χ0n) is 14.3. The van der Waals surface area contributed by atoms with Crippen molar-refractivity contribution in [1.29, 1.82) is 0 Å². The Morgan fingerprint density at radius 3 is 2.81 bits per heavy atom. The Hall–Kier alpha value is -2.77. The Labute approximate surface area is 151 Å². The average Bonchev–Trinajstić information content (AvgIpc) is 2.67. The molecule has 0 radical (unpaired) electrons. The Balaban J connectivity index is 1.51. The molecule has 0 saturated carbocycles. The van der Waals surface area contributed by atoms with Gasteiger partial charge in [-0.1, -0.05) is 36.4 Å². The predicted octanol–water partition coefficient (Wildman–Crippen LogP) is 2.23. The lowest BCUT2D eigenvalue weighted by Crippen LogP contribution is -2.47. The molecule has 1 atom stereocenters. The Morgan fingerprint density at radius 1 is 1.23 bits per heavy atom. The summed E-state index contributed by atoms with van der Waals surface area (Å²) < 4.78 is 5.73. The highest BCUT2D eigenvalue weighted by Gasteiger charge is 2.21. The molecule has 1 heterocycles. The highest BCUT2D eigenvalue weighted by atomic mass is 16.6. The van der Waals surface area contributed by atoms with Crippen molar-refractivity contribution in [2.45, 2.75) is 12.6 Å². The van der Waals surface area contributed by atoms with Gasteiger partial charge in [0.2, 0.25) is 0 Å². The van der Waals surface area contributed by atoms with Crippen molar-refractivity contribution in [3.63, 3.8) is 0 Å². The summed E-state index contributed by atoms with van der Waals surface area (Å²) >= 11 is 0. The monoisotopic (exact) mass is 355 g/mol. The smallest absolute Gasteiger partial charge is 0.270 e. The number of morpholine rings is 1. The molecule has 1 N–H and O–H groups in total. The second-order valence-corrected chi connectivity index (χ2v) is 6.23. The molecule has 0 bridgehead atoms. The fraction of sp³-hybridized carbons (Fsp3) is 0.316. The van der Waals surface area contributed by atoms with E-state index in [4.69, 9.17) is 4.74 Å². The molecule has 1 amide bonds. The number of carbonyl (C=O) groups excluding carboxylic acids is 1. The molecule has 136 valence electrons. The highest BCUT2D eigenvalue weighted by Crippen LogP contribution is 2.13. The van der Waals surface area contributed by atoms with Crippen LogP contribution in [0.15, 0.2) is 54.6 Å². The first-order valence-corrected chi connectivity index (χ1v) is 8.52. The standard InChI is InChI=1S/C19H21N3O4/c23-19(16-7-4-8-17(11-16)22(24)25)20-12-18-14-21(9-10-26-18)13-15-5-2-1-3-6-15/h1-8,11,18H,9-10,12-14H2,(H,20,23). The molecule has 0 aromatic heterocycles. The molecule has 0 aliphatic carbocycles. The van der Waals surface area contributed by atoms with Crippen LogP contribution in [-0.4, -0.2) is 48.1 Å². The number of nitrogens with zero attached hydrogens (tertiary/aromatic N) is 2. The minimum Gasteiger partial charge on any atom is -0.374 e. The van der Waals surface area contributed by atoms with Gasteiger partial charge in [-0.25, -0.2) is 0 Å². The van der Waals surface area contributed by atoms with Crippen LogP contribution in [0.25, 0.3) is 0 Å². The molecule has 1 aliphatic heterocycles. The first kappa shape index (κ1) is 18.0. The third kappa shape index (κ3) is 4.87. The number of hydrogen-bond acceptors (Lipinski definition) is 5. The van der Waals surface area contributed by atoms with Crippen LogP contribution in [0.3, 0.4) is 0 Å². The summed E-state index contributed by atoms with van der Waals surface area (Å²) in [6, 6.07) is 15.9. The van der Waals surface area contributed by atoms with Gasteiger partial charge in [0.1, 0.15) is 0 Å². The summed E-state index contributed by atoms with van der Waals surface area (Å²) in [7, 11) is 0. The van der Waals surface area contributed by atoms with E-state index in [1.54, 1.807) is 6.07 Å². The summed E-state index contributed by atoms with van der Waals surface area (Å²) in [4.78, 5) is 24.8. The third-order valence-electron chi connectivity index (χ3n) is 4.28. The van der Waals surface area contributed by atoms with Gasteiger partial charge in [0, 0.05) is 43.9 Å². The number of ether oxygens (including phenoxy) is 1. The van der Waals surface area contributed by atoms with Gasteiger partial charge in [0.25, 0.3) is 11.6 Å². The highest BCUT2D eigenvalue weighted by molar-refractivity contribution is 5.94. The summed E-state index contributed by atoms with van der Waals surface area (Å²) in [6.07, 6.45) is -0.102. The molecular weight excluding hydrogens is 334 g/mol. The minimum absolute atomic E-state index is 0.0967. The van der Waals surface area contributed by atoms with Crippen molar-refractivity contribution in [2.24, 2.45) is 0 Å². The maximum absolute atomic E-state index is 12.2. The van der Waals surface area contributed by atoms with Gasteiger partial charge in [0.05, 0.1) is 17.6 Å². The van der Waals surface area contributed by atoms with Crippen molar-refractivity contribution in [2.75, 3.05) is 26.2 Å². The summed E-state index contributed by atoms with van der Waals surface area (Å²) in [5.74, 6) is -0.336. The molecular formula is C19H21N3O4. The maximum atomic E-state index is 12.2. The van der Waals surface area contributed by atoms with Crippen LogP contribution in [-0.2, 0) is 11.3 Å². The van der Waals surface area contributed by atoms with Crippen LogP contribution in [0.2, 0.25) is 0 Å². The van der Waals surface area contributed by atoms with Gasteiger partial charge in [-0.3, -0.25) is 19.8 Å². The first-order valence-electron chi connectivity index (χ1n) is 8.52. The molecule has 3 rings (SSSR count). The van der Waals surface area contributed by atoms with E-state index >= 15 is 0 Å². The van der Waals surface area contributed by atoms with Gasteiger partial charge in [0.15, 0.2) is 0 Å². The summed E-state index contributed by atoms with van der Waals surface area (Å²) in [5.41, 5.74) is 1.42. The van der Waals surface area contributed by atoms with E-state index < -0.39 is 4.92 Å². The summed E-state index contributed by atoms with van der Waals surface area (Å²) in [5, 5.41) is 13.6. The van der Waals surface area contributed by atoms with E-state index in [1.165, 1.54) is 23.8 Å². The van der Waals surface area contributed by atoms with Crippen LogP contribution >= 0.6 is 0 Å². The molecule has 0 spiro atoms. The molecule has 7 heteroatoms. The lowest BCUT2D eigenvalue weighted by molar-refractivity contribution is -0.384. The third-order valence-corrected chi connectivity index (χ3v) is 4.28. The Bertz CT molecular complexity index is 766. The fourth-order valence-corrected chi connectivity index (χ4v) is 2.96. The molecule has 2 aromatic carbocycles. The Kier molecular flexibility index (Phi) is 5.93. The van der Waals surface area contributed by atoms with Crippen LogP contribution in [0, 0.1) is 10.1 Å². The quantitative estimate of drug-likeness (QED) is 0.634. The van der Waals surface area contributed by atoms with Crippen LogP contribution < -0.4 is 5.32 Å². The normalized spacial score (nSPS) is 17.6. The number of amides is 1. The topological polar surface area (TPSA) is 84.7 Å². The number of carbonyl (C=O) groups is 1. The van der Waals surface area contributed by atoms with E-state index in [0.717, 1.165) is 19.6 Å². The average molecular weight is 355 g/mol. The molecule has 1 aliphatic rings. The lowest BCUT2D eigenvalue weighted by atomic mass is 10.1. The molecule has 2 aromatic rings. The minimum atomic E-state index is -0.511. The fourth-order valence-electron chi connectivity index (χ4n) is 2.96. The number of non-ortho nitro benzene ring substituents is 1.